The van der Waals surface area contributed by atoms with Gasteiger partial charge in [-0.3, -0.25) is 10.1 Å². The lowest BCUT2D eigenvalue weighted by Crippen LogP contribution is -2.28. The third-order valence-corrected chi connectivity index (χ3v) is 6.55. The highest BCUT2D eigenvalue weighted by Gasteiger charge is 2.51. The first-order chi connectivity index (χ1) is 14.6. The Bertz CT molecular complexity index is 1120. The lowest BCUT2D eigenvalue weighted by atomic mass is 9.85. The molecular formula is C24H23N5O. The lowest BCUT2D eigenvalue weighted by Gasteiger charge is -2.29. The van der Waals surface area contributed by atoms with Gasteiger partial charge in [0, 0.05) is 12.3 Å². The molecule has 3 aromatic rings. The van der Waals surface area contributed by atoms with E-state index in [-0.39, 0.29) is 11.9 Å². The zero-order valence-electron chi connectivity index (χ0n) is 16.9. The first-order valence-corrected chi connectivity index (χ1v) is 10.4. The second-order valence-corrected chi connectivity index (χ2v) is 8.32. The molecular weight excluding hydrogens is 374 g/mol. The molecule has 2 aliphatic rings. The number of benzene rings is 2. The number of carbonyl (C=O) groups is 1. The molecule has 1 aliphatic heterocycles. The Hall–Kier alpha value is -3.46. The van der Waals surface area contributed by atoms with Crippen molar-refractivity contribution in [3.8, 4) is 6.07 Å². The second-order valence-electron chi connectivity index (χ2n) is 8.32. The van der Waals surface area contributed by atoms with Gasteiger partial charge in [-0.25, -0.2) is 4.68 Å². The van der Waals surface area contributed by atoms with Crippen molar-refractivity contribution < 1.29 is 4.79 Å². The molecule has 30 heavy (non-hydrogen) atoms. The highest BCUT2D eigenvalue weighted by atomic mass is 16.2. The van der Waals surface area contributed by atoms with E-state index in [1.807, 2.05) is 59.3 Å². The van der Waals surface area contributed by atoms with Gasteiger partial charge in [-0.05, 0) is 49.4 Å². The van der Waals surface area contributed by atoms with Gasteiger partial charge in [0.1, 0.15) is 5.82 Å². The van der Waals surface area contributed by atoms with Crippen LogP contribution in [0.4, 0.5) is 5.95 Å². The van der Waals surface area contributed by atoms with Crippen LogP contribution in [0.15, 0.2) is 54.6 Å². The van der Waals surface area contributed by atoms with E-state index in [0.29, 0.717) is 17.4 Å². The summed E-state index contributed by atoms with van der Waals surface area (Å²) in [6.45, 7) is 2.14. The fourth-order valence-corrected chi connectivity index (χ4v) is 4.60. The predicted octanol–water partition coefficient (Wildman–Crippen LogP) is 4.11. The van der Waals surface area contributed by atoms with Crippen LogP contribution < -0.4 is 5.32 Å². The van der Waals surface area contributed by atoms with Gasteiger partial charge >= 0.3 is 0 Å². The van der Waals surface area contributed by atoms with E-state index in [9.17, 15) is 4.79 Å². The van der Waals surface area contributed by atoms with Gasteiger partial charge in [0.05, 0.1) is 23.1 Å². The van der Waals surface area contributed by atoms with Crippen molar-refractivity contribution >= 4 is 11.9 Å². The summed E-state index contributed by atoms with van der Waals surface area (Å²) in [6.07, 6.45) is 3.48. The molecule has 6 nitrogen and oxygen atoms in total. The Labute approximate surface area is 175 Å². The van der Waals surface area contributed by atoms with Crippen molar-refractivity contribution in [2.24, 2.45) is 0 Å². The first kappa shape index (κ1) is 18.6. The average molecular weight is 397 g/mol. The van der Waals surface area contributed by atoms with Crippen molar-refractivity contribution in [1.29, 1.82) is 5.26 Å². The van der Waals surface area contributed by atoms with Gasteiger partial charge in [-0.2, -0.15) is 10.2 Å². The third-order valence-electron chi connectivity index (χ3n) is 6.55. The summed E-state index contributed by atoms with van der Waals surface area (Å²) in [4.78, 5) is 17.6. The van der Waals surface area contributed by atoms with Crippen LogP contribution in [-0.2, 0) is 16.6 Å². The second kappa shape index (κ2) is 7.10. The van der Waals surface area contributed by atoms with Gasteiger partial charge < -0.3 is 0 Å². The molecule has 0 bridgehead atoms. The molecule has 2 atom stereocenters. The summed E-state index contributed by atoms with van der Waals surface area (Å²) >= 11 is 0. The molecule has 2 heterocycles. The van der Waals surface area contributed by atoms with Gasteiger partial charge in [0.25, 0.3) is 0 Å². The number of anilines is 1. The maximum absolute atomic E-state index is 13.0. The molecule has 2 aromatic carbocycles. The standard InChI is InChI=1S/C24H23N5O/c1-16-20(18-9-7-17(15-25)8-10-18)11-12-21-26-23(28-29(16)21)27-22(30)24(13-14-24)19-5-3-2-4-6-19/h2-10,16,20H,11-14H2,1H3,(H,27,28,30). The minimum atomic E-state index is -0.441. The Morgan fingerprint density at radius 3 is 2.57 bits per heavy atom. The van der Waals surface area contributed by atoms with Crippen molar-refractivity contribution in [1.82, 2.24) is 14.8 Å². The van der Waals surface area contributed by atoms with Crippen molar-refractivity contribution in [3.63, 3.8) is 0 Å². The molecule has 1 saturated carbocycles. The van der Waals surface area contributed by atoms with Crippen LogP contribution in [0.3, 0.4) is 0 Å². The number of aromatic nitrogens is 3. The van der Waals surface area contributed by atoms with E-state index in [0.717, 1.165) is 37.1 Å². The lowest BCUT2D eigenvalue weighted by molar-refractivity contribution is -0.118. The molecule has 0 radical (unpaired) electrons. The summed E-state index contributed by atoms with van der Waals surface area (Å²) in [5.41, 5.74) is 2.49. The monoisotopic (exact) mass is 397 g/mol. The number of nitriles is 1. The average Bonchev–Trinajstić information content (AvgIpc) is 3.50. The SMILES string of the molecule is CC1C(c2ccc(C#N)cc2)CCc2nc(NC(=O)C3(c4ccccc4)CC3)nn21. The molecule has 1 fully saturated rings. The zero-order valence-corrected chi connectivity index (χ0v) is 16.9. The van der Waals surface area contributed by atoms with Gasteiger partial charge in [0.15, 0.2) is 0 Å². The van der Waals surface area contributed by atoms with Crippen molar-refractivity contribution in [2.75, 3.05) is 5.32 Å². The van der Waals surface area contributed by atoms with Crippen molar-refractivity contribution in [3.05, 3.63) is 77.1 Å². The van der Waals surface area contributed by atoms with Crippen LogP contribution >= 0.6 is 0 Å². The Kier molecular flexibility index (Phi) is 4.39. The number of fused-ring (bicyclic) bond motifs is 1. The number of amides is 1. The summed E-state index contributed by atoms with van der Waals surface area (Å²) in [6, 6.07) is 20.0. The fourth-order valence-electron chi connectivity index (χ4n) is 4.60. The van der Waals surface area contributed by atoms with Crippen LogP contribution in [0.5, 0.6) is 0 Å². The number of aryl methyl sites for hydroxylation is 1. The highest BCUT2D eigenvalue weighted by molar-refractivity contribution is 6.00. The third kappa shape index (κ3) is 3.07. The quantitative estimate of drug-likeness (QED) is 0.718. The molecule has 1 N–H and O–H groups in total. The van der Waals surface area contributed by atoms with E-state index >= 15 is 0 Å². The van der Waals surface area contributed by atoms with Gasteiger partial charge in [-0.15, -0.1) is 5.10 Å². The summed E-state index contributed by atoms with van der Waals surface area (Å²) in [5, 5.41) is 16.6. The Morgan fingerprint density at radius 2 is 1.90 bits per heavy atom. The predicted molar refractivity (Wildman–Crippen MR) is 113 cm³/mol. The smallest absolute Gasteiger partial charge is 0.249 e. The zero-order chi connectivity index (χ0) is 20.7. The Balaban J connectivity index is 1.35. The Morgan fingerprint density at radius 1 is 1.17 bits per heavy atom. The van der Waals surface area contributed by atoms with E-state index in [4.69, 9.17) is 5.26 Å². The maximum Gasteiger partial charge on any atom is 0.249 e. The number of rotatable bonds is 4. The normalized spacial score (nSPS) is 21.3. The van der Waals surface area contributed by atoms with Gasteiger partial charge in [-0.1, -0.05) is 42.5 Å². The number of hydrogen-bond donors (Lipinski definition) is 1. The number of nitrogens with one attached hydrogen (secondary N) is 1. The van der Waals surface area contributed by atoms with Crippen LogP contribution in [0.25, 0.3) is 0 Å². The highest BCUT2D eigenvalue weighted by Crippen LogP contribution is 2.49. The molecule has 150 valence electrons. The van der Waals surface area contributed by atoms with E-state index in [2.05, 4.69) is 28.4 Å². The van der Waals surface area contributed by atoms with Crippen LogP contribution in [-0.4, -0.2) is 20.7 Å². The number of carbonyl (C=O) groups excluding carboxylic acids is 1. The van der Waals surface area contributed by atoms with E-state index in [1.165, 1.54) is 5.56 Å². The first-order valence-electron chi connectivity index (χ1n) is 10.4. The summed E-state index contributed by atoms with van der Waals surface area (Å²) < 4.78 is 1.95. The van der Waals surface area contributed by atoms with Crippen LogP contribution in [0.1, 0.15) is 60.7 Å². The van der Waals surface area contributed by atoms with E-state index < -0.39 is 5.41 Å². The molecule has 2 unspecified atom stereocenters. The van der Waals surface area contributed by atoms with E-state index in [1.54, 1.807) is 0 Å². The van der Waals surface area contributed by atoms with Crippen LogP contribution in [0, 0.1) is 11.3 Å². The minimum Gasteiger partial charge on any atom is -0.292 e. The minimum absolute atomic E-state index is 0.0204. The molecule has 0 spiro atoms. The molecule has 6 heteroatoms. The van der Waals surface area contributed by atoms with Crippen molar-refractivity contribution in [2.45, 2.75) is 50.0 Å². The number of hydrogen-bond acceptors (Lipinski definition) is 4. The summed E-state index contributed by atoms with van der Waals surface area (Å²) in [7, 11) is 0. The molecule has 1 aliphatic carbocycles. The molecule has 0 saturated heterocycles. The van der Waals surface area contributed by atoms with Crippen LogP contribution in [0.2, 0.25) is 0 Å². The van der Waals surface area contributed by atoms with Gasteiger partial charge in [0.2, 0.25) is 11.9 Å². The maximum atomic E-state index is 13.0. The number of nitrogens with zero attached hydrogens (tertiary/aromatic N) is 4. The topological polar surface area (TPSA) is 83.6 Å². The molecule has 5 rings (SSSR count). The molecule has 1 amide bonds. The molecule has 1 aromatic heterocycles. The fraction of sp³-hybridized carbons (Fsp3) is 0.333. The largest absolute Gasteiger partial charge is 0.292 e. The summed E-state index contributed by atoms with van der Waals surface area (Å²) in [5.74, 6) is 1.58.